The van der Waals surface area contributed by atoms with Crippen molar-refractivity contribution in [1.29, 1.82) is 0 Å². The molecule has 0 bridgehead atoms. The Balaban J connectivity index is 2.42. The van der Waals surface area contributed by atoms with Gasteiger partial charge in [0.1, 0.15) is 10.6 Å². The van der Waals surface area contributed by atoms with Crippen LogP contribution in [-0.4, -0.2) is 25.6 Å². The molecule has 1 aliphatic carbocycles. The average molecular weight is 272 g/mol. The van der Waals surface area contributed by atoms with E-state index in [1.165, 1.54) is 12.3 Å². The molecular weight excluding hydrogens is 256 g/mol. The zero-order valence-corrected chi connectivity index (χ0v) is 10.9. The molecule has 1 aromatic heterocycles. The second-order valence-electron chi connectivity index (χ2n) is 4.32. The van der Waals surface area contributed by atoms with Crippen LogP contribution in [0.25, 0.3) is 0 Å². The van der Waals surface area contributed by atoms with Gasteiger partial charge in [0.2, 0.25) is 10.0 Å². The lowest BCUT2D eigenvalue weighted by atomic mass is 9.93. The minimum Gasteiger partial charge on any atom is -0.461 e. The monoisotopic (exact) mass is 272 g/mol. The first kappa shape index (κ1) is 13.1. The van der Waals surface area contributed by atoms with Crippen molar-refractivity contribution >= 4 is 16.0 Å². The minimum absolute atomic E-state index is 0.0440. The number of hydrogen-bond donors (Lipinski definition) is 1. The summed E-state index contributed by atoms with van der Waals surface area (Å²) in [5.41, 5.74) is 0.255. The molecule has 0 amide bonds. The Bertz CT molecular complexity index is 558. The van der Waals surface area contributed by atoms with Gasteiger partial charge in [0.05, 0.1) is 6.61 Å². The number of nitrogens with zero attached hydrogens (tertiary/aromatic N) is 1. The maximum Gasteiger partial charge on any atom is 0.354 e. The molecule has 7 heteroatoms. The quantitative estimate of drug-likeness (QED) is 0.829. The fourth-order valence-corrected chi connectivity index (χ4v) is 2.48. The number of hydrogen-bond acceptors (Lipinski definition) is 4. The molecule has 18 heavy (non-hydrogen) atoms. The first-order valence-electron chi connectivity index (χ1n) is 5.85. The number of carbonyl (C=O) groups excluding carboxylic acids is 1. The summed E-state index contributed by atoms with van der Waals surface area (Å²) in [7, 11) is -3.80. The van der Waals surface area contributed by atoms with Crippen LogP contribution < -0.4 is 5.14 Å². The van der Waals surface area contributed by atoms with Crippen molar-refractivity contribution < 1.29 is 17.9 Å². The zero-order valence-electron chi connectivity index (χ0n) is 10.1. The van der Waals surface area contributed by atoms with Crippen LogP contribution in [0.2, 0.25) is 0 Å². The largest absolute Gasteiger partial charge is 0.461 e. The van der Waals surface area contributed by atoms with Crippen LogP contribution in [0.3, 0.4) is 0 Å². The summed E-state index contributed by atoms with van der Waals surface area (Å²) in [5, 5.41) is 5.08. The molecular formula is C11H16N2O4S. The summed E-state index contributed by atoms with van der Waals surface area (Å²) in [6.07, 6.45) is 4.37. The van der Waals surface area contributed by atoms with Gasteiger partial charge in [-0.2, -0.15) is 0 Å². The molecule has 1 heterocycles. The number of rotatable bonds is 4. The average Bonchev–Trinajstić information content (AvgIpc) is 2.59. The van der Waals surface area contributed by atoms with E-state index in [4.69, 9.17) is 9.88 Å². The third-order valence-corrected chi connectivity index (χ3v) is 3.98. The molecule has 0 aliphatic heterocycles. The molecule has 2 rings (SSSR count). The number of sulfonamides is 1. The van der Waals surface area contributed by atoms with Crippen molar-refractivity contribution in [2.75, 3.05) is 6.61 Å². The van der Waals surface area contributed by atoms with Crippen molar-refractivity contribution in [3.05, 3.63) is 18.0 Å². The van der Waals surface area contributed by atoms with Crippen molar-refractivity contribution in [2.24, 2.45) is 5.14 Å². The third-order valence-electron chi connectivity index (χ3n) is 3.10. The van der Waals surface area contributed by atoms with Gasteiger partial charge in [-0.15, -0.1) is 0 Å². The summed E-state index contributed by atoms with van der Waals surface area (Å²) in [6, 6.07) is 1.45. The van der Waals surface area contributed by atoms with E-state index in [1.54, 1.807) is 11.5 Å². The second-order valence-corrected chi connectivity index (χ2v) is 5.88. The van der Waals surface area contributed by atoms with Gasteiger partial charge in [-0.25, -0.2) is 18.4 Å². The fourth-order valence-electron chi connectivity index (χ4n) is 1.95. The number of aromatic nitrogens is 1. The molecule has 0 unspecified atom stereocenters. The Kier molecular flexibility index (Phi) is 3.45. The predicted octanol–water partition coefficient (Wildman–Crippen LogP) is 1.04. The predicted molar refractivity (Wildman–Crippen MR) is 64.6 cm³/mol. The molecule has 1 fully saturated rings. The molecule has 1 aliphatic rings. The van der Waals surface area contributed by atoms with Gasteiger partial charge in [0.25, 0.3) is 0 Å². The molecule has 1 aromatic rings. The number of primary sulfonamides is 1. The molecule has 1 saturated carbocycles. The van der Waals surface area contributed by atoms with Crippen molar-refractivity contribution in [3.8, 4) is 0 Å². The van der Waals surface area contributed by atoms with Gasteiger partial charge in [0.15, 0.2) is 0 Å². The smallest absolute Gasteiger partial charge is 0.354 e. The highest BCUT2D eigenvalue weighted by Crippen LogP contribution is 2.34. The second kappa shape index (κ2) is 4.74. The van der Waals surface area contributed by atoms with Crippen LogP contribution in [-0.2, 0) is 14.8 Å². The first-order valence-corrected chi connectivity index (χ1v) is 7.40. The number of nitrogens with two attached hydrogens (primary N) is 1. The number of esters is 1. The highest BCUT2D eigenvalue weighted by atomic mass is 32.2. The summed E-state index contributed by atoms with van der Waals surface area (Å²) >= 11 is 0. The number of carbonyl (C=O) groups is 1. The summed E-state index contributed by atoms with van der Waals surface area (Å²) < 4.78 is 29.2. The molecule has 0 aromatic carbocycles. The van der Waals surface area contributed by atoms with Crippen LogP contribution >= 0.6 is 0 Å². The van der Waals surface area contributed by atoms with E-state index >= 15 is 0 Å². The highest BCUT2D eigenvalue weighted by molar-refractivity contribution is 7.89. The summed E-state index contributed by atoms with van der Waals surface area (Å²) in [6.45, 7) is 1.95. The van der Waals surface area contributed by atoms with Crippen molar-refractivity contribution in [3.63, 3.8) is 0 Å². The van der Waals surface area contributed by atoms with Gasteiger partial charge in [-0.05, 0) is 32.3 Å². The molecule has 0 radical (unpaired) electrons. The zero-order chi connectivity index (χ0) is 13.3. The van der Waals surface area contributed by atoms with Crippen molar-refractivity contribution in [1.82, 2.24) is 4.57 Å². The standard InChI is InChI=1S/C11H16N2O4S/c1-2-17-11(14)10-6-9(18(12,15)16)7-13(10)8-4-3-5-8/h6-8H,2-5H2,1H3,(H2,12,15,16). The Labute approximate surface area is 106 Å². The summed E-state index contributed by atoms with van der Waals surface area (Å²) in [5.74, 6) is -0.515. The molecule has 0 atom stereocenters. The lowest BCUT2D eigenvalue weighted by molar-refractivity contribution is 0.0507. The van der Waals surface area contributed by atoms with Gasteiger partial charge >= 0.3 is 5.97 Å². The third kappa shape index (κ3) is 2.41. The SMILES string of the molecule is CCOC(=O)c1cc(S(N)(=O)=O)cn1C1CCC1. The van der Waals surface area contributed by atoms with Gasteiger partial charge in [-0.3, -0.25) is 0 Å². The maximum absolute atomic E-state index is 11.8. The highest BCUT2D eigenvalue weighted by Gasteiger charge is 2.27. The van der Waals surface area contributed by atoms with Gasteiger partial charge in [-0.1, -0.05) is 0 Å². The molecule has 100 valence electrons. The van der Waals surface area contributed by atoms with E-state index in [9.17, 15) is 13.2 Å². The molecule has 6 nitrogen and oxygen atoms in total. The maximum atomic E-state index is 11.8. The van der Waals surface area contributed by atoms with E-state index in [2.05, 4.69) is 0 Å². The van der Waals surface area contributed by atoms with Crippen LogP contribution in [0.5, 0.6) is 0 Å². The van der Waals surface area contributed by atoms with Crippen LogP contribution in [0.1, 0.15) is 42.7 Å². The first-order chi connectivity index (χ1) is 8.43. The van der Waals surface area contributed by atoms with Gasteiger partial charge in [0, 0.05) is 12.2 Å². The Morgan fingerprint density at radius 1 is 1.56 bits per heavy atom. The lowest BCUT2D eigenvalue weighted by Crippen LogP contribution is -2.21. The van der Waals surface area contributed by atoms with E-state index in [0.717, 1.165) is 19.3 Å². The topological polar surface area (TPSA) is 91.4 Å². The van der Waals surface area contributed by atoms with Crippen molar-refractivity contribution in [2.45, 2.75) is 37.1 Å². The lowest BCUT2D eigenvalue weighted by Gasteiger charge is -2.28. The van der Waals surface area contributed by atoms with Crippen LogP contribution in [0, 0.1) is 0 Å². The summed E-state index contributed by atoms with van der Waals surface area (Å²) in [4.78, 5) is 11.7. The van der Waals surface area contributed by atoms with E-state index in [-0.39, 0.29) is 23.2 Å². The Hall–Kier alpha value is -1.34. The van der Waals surface area contributed by atoms with Crippen LogP contribution in [0.15, 0.2) is 17.2 Å². The normalized spacial score (nSPS) is 16.3. The fraction of sp³-hybridized carbons (Fsp3) is 0.545. The number of ether oxygens (including phenoxy) is 1. The van der Waals surface area contributed by atoms with Crippen LogP contribution in [0.4, 0.5) is 0 Å². The molecule has 0 saturated heterocycles. The van der Waals surface area contributed by atoms with E-state index < -0.39 is 16.0 Å². The Morgan fingerprint density at radius 3 is 2.67 bits per heavy atom. The Morgan fingerprint density at radius 2 is 2.22 bits per heavy atom. The van der Waals surface area contributed by atoms with E-state index in [1.807, 2.05) is 0 Å². The molecule has 0 spiro atoms. The molecule has 2 N–H and O–H groups in total. The minimum atomic E-state index is -3.80. The van der Waals surface area contributed by atoms with Gasteiger partial charge < -0.3 is 9.30 Å². The van der Waals surface area contributed by atoms with E-state index in [0.29, 0.717) is 0 Å².